The summed E-state index contributed by atoms with van der Waals surface area (Å²) in [7, 11) is 2.18. The fraction of sp³-hybridized carbons (Fsp3) is 0.350. The molecule has 0 radical (unpaired) electrons. The van der Waals surface area contributed by atoms with Crippen molar-refractivity contribution in [1.29, 1.82) is 0 Å². The minimum absolute atomic E-state index is 0.741. The topological polar surface area (TPSA) is 22.1 Å². The molecule has 3 aliphatic heterocycles. The average Bonchev–Trinajstić information content (AvgIpc) is 2.99. The van der Waals surface area contributed by atoms with Gasteiger partial charge in [-0.15, -0.1) is 0 Å². The molecular weight excluding hydrogens is 332 g/mol. The lowest BCUT2D eigenvalue weighted by atomic mass is 10.1. The lowest BCUT2D eigenvalue weighted by Gasteiger charge is -2.35. The Labute approximate surface area is 153 Å². The van der Waals surface area contributed by atoms with E-state index < -0.39 is 0 Å². The lowest BCUT2D eigenvalue weighted by Crippen LogP contribution is -2.47. The third-order valence-electron chi connectivity index (χ3n) is 5.49. The number of fused-ring (bicyclic) bond motifs is 2. The second-order valence-corrected chi connectivity index (χ2v) is 7.51. The molecule has 1 saturated heterocycles. The predicted molar refractivity (Wildman–Crippen MR) is 104 cm³/mol. The number of piperazine rings is 1. The number of nitrogens with zero attached hydrogens (tertiary/aromatic N) is 4. The number of anilines is 2. The van der Waals surface area contributed by atoms with Crippen LogP contribution in [0.2, 0.25) is 5.02 Å². The molecule has 0 N–H and O–H groups in total. The quantitative estimate of drug-likeness (QED) is 0.722. The molecule has 5 rings (SSSR count). The van der Waals surface area contributed by atoms with E-state index in [2.05, 4.69) is 46.0 Å². The number of likely N-dealkylation sites (N-methyl/N-ethyl adjacent to an activating group) is 1. The van der Waals surface area contributed by atoms with Crippen molar-refractivity contribution in [3.05, 3.63) is 52.5 Å². The number of hydrogen-bond acceptors (Lipinski definition) is 4. The molecule has 0 bridgehead atoms. The number of para-hydroxylation sites is 1. The molecule has 1 fully saturated rings. The van der Waals surface area contributed by atoms with Gasteiger partial charge in [-0.1, -0.05) is 23.7 Å². The smallest absolute Gasteiger partial charge is 0.138 e. The fourth-order valence-corrected chi connectivity index (χ4v) is 4.29. The fourth-order valence-electron chi connectivity index (χ4n) is 4.13. The third kappa shape index (κ3) is 2.43. The van der Waals surface area contributed by atoms with Crippen LogP contribution < -0.4 is 4.90 Å². The first-order valence-electron chi connectivity index (χ1n) is 8.92. The van der Waals surface area contributed by atoms with E-state index in [1.54, 1.807) is 0 Å². The Morgan fingerprint density at radius 1 is 1.00 bits per heavy atom. The highest BCUT2D eigenvalue weighted by Crippen LogP contribution is 2.45. The van der Waals surface area contributed by atoms with E-state index in [0.29, 0.717) is 0 Å². The zero-order chi connectivity index (χ0) is 17.0. The van der Waals surface area contributed by atoms with Gasteiger partial charge in [-0.05, 0) is 43.3 Å². The van der Waals surface area contributed by atoms with Gasteiger partial charge in [-0.25, -0.2) is 4.99 Å². The second kappa shape index (κ2) is 5.75. The van der Waals surface area contributed by atoms with Crippen molar-refractivity contribution in [1.82, 2.24) is 9.80 Å². The number of benzene rings is 2. The molecule has 3 aliphatic rings. The summed E-state index contributed by atoms with van der Waals surface area (Å²) < 4.78 is 0. The second-order valence-electron chi connectivity index (χ2n) is 7.07. The third-order valence-corrected chi connectivity index (χ3v) is 5.73. The van der Waals surface area contributed by atoms with Crippen LogP contribution in [0, 0.1) is 0 Å². The van der Waals surface area contributed by atoms with Gasteiger partial charge in [-0.2, -0.15) is 0 Å². The average molecular weight is 353 g/mol. The Hall–Kier alpha value is -2.04. The first kappa shape index (κ1) is 15.2. The summed E-state index contributed by atoms with van der Waals surface area (Å²) in [5, 5.41) is 0.741. The molecule has 25 heavy (non-hydrogen) atoms. The molecule has 0 saturated carbocycles. The largest absolute Gasteiger partial charge is 0.353 e. The highest BCUT2D eigenvalue weighted by Gasteiger charge is 2.32. The first-order valence-corrected chi connectivity index (χ1v) is 9.30. The van der Waals surface area contributed by atoms with E-state index in [0.717, 1.165) is 55.7 Å². The van der Waals surface area contributed by atoms with E-state index in [-0.39, 0.29) is 0 Å². The van der Waals surface area contributed by atoms with Crippen LogP contribution >= 0.6 is 11.6 Å². The van der Waals surface area contributed by atoms with Gasteiger partial charge in [0.25, 0.3) is 0 Å². The van der Waals surface area contributed by atoms with Gasteiger partial charge in [0.05, 0.1) is 17.1 Å². The Kier molecular flexibility index (Phi) is 3.50. The molecule has 4 nitrogen and oxygen atoms in total. The molecule has 3 heterocycles. The van der Waals surface area contributed by atoms with Gasteiger partial charge in [0.2, 0.25) is 0 Å². The standard InChI is InChI=1S/C20H21ClN4/c1-23-9-11-24(12-10-23)20-16-4-2-3-14-7-8-25(19(14)16)18-6-5-15(21)13-17(18)22-20/h2-6,13H,7-12H2,1H3. The van der Waals surface area contributed by atoms with Crippen LogP contribution in [0.25, 0.3) is 0 Å². The summed E-state index contributed by atoms with van der Waals surface area (Å²) in [6, 6.07) is 12.7. The maximum Gasteiger partial charge on any atom is 0.138 e. The highest BCUT2D eigenvalue weighted by molar-refractivity contribution is 6.31. The van der Waals surface area contributed by atoms with Gasteiger partial charge in [-0.3, -0.25) is 0 Å². The molecule has 0 spiro atoms. The molecule has 2 aromatic rings. The zero-order valence-electron chi connectivity index (χ0n) is 14.4. The van der Waals surface area contributed by atoms with Gasteiger partial charge >= 0.3 is 0 Å². The van der Waals surface area contributed by atoms with Crippen LogP contribution in [0.5, 0.6) is 0 Å². The molecule has 5 heteroatoms. The maximum absolute atomic E-state index is 6.29. The molecule has 128 valence electrons. The summed E-state index contributed by atoms with van der Waals surface area (Å²) >= 11 is 6.29. The number of aliphatic imine (C=N–C) groups is 1. The van der Waals surface area contributed by atoms with Gasteiger partial charge in [0, 0.05) is 43.3 Å². The van der Waals surface area contributed by atoms with Crippen molar-refractivity contribution in [2.45, 2.75) is 6.42 Å². The Morgan fingerprint density at radius 2 is 1.84 bits per heavy atom. The number of rotatable bonds is 0. The monoisotopic (exact) mass is 352 g/mol. The first-order chi connectivity index (χ1) is 12.2. The summed E-state index contributed by atoms with van der Waals surface area (Å²) in [6.45, 7) is 5.16. The van der Waals surface area contributed by atoms with Crippen LogP contribution in [-0.2, 0) is 6.42 Å². The maximum atomic E-state index is 6.29. The van der Waals surface area contributed by atoms with Crippen molar-refractivity contribution >= 4 is 34.5 Å². The van der Waals surface area contributed by atoms with E-state index in [4.69, 9.17) is 16.6 Å². The SMILES string of the molecule is CN1CCN(C2=Nc3cc(Cl)ccc3N3CCc4cccc2c43)CC1. The summed E-state index contributed by atoms with van der Waals surface area (Å²) in [5.74, 6) is 1.10. The van der Waals surface area contributed by atoms with Crippen LogP contribution in [0.4, 0.5) is 17.1 Å². The van der Waals surface area contributed by atoms with Crippen LogP contribution in [0.1, 0.15) is 11.1 Å². The Bertz CT molecular complexity index is 868. The molecule has 0 atom stereocenters. The van der Waals surface area contributed by atoms with E-state index in [9.17, 15) is 0 Å². The van der Waals surface area contributed by atoms with Gasteiger partial charge < -0.3 is 14.7 Å². The Morgan fingerprint density at radius 3 is 2.68 bits per heavy atom. The summed E-state index contributed by atoms with van der Waals surface area (Å²) in [4.78, 5) is 12.3. The number of hydrogen-bond donors (Lipinski definition) is 0. The van der Waals surface area contributed by atoms with Gasteiger partial charge in [0.1, 0.15) is 5.84 Å². The van der Waals surface area contributed by atoms with Crippen LogP contribution in [-0.4, -0.2) is 55.4 Å². The number of amidine groups is 1. The molecular formula is C20H21ClN4. The lowest BCUT2D eigenvalue weighted by molar-refractivity contribution is 0.216. The zero-order valence-corrected chi connectivity index (χ0v) is 15.1. The summed E-state index contributed by atoms with van der Waals surface area (Å²) in [6.07, 6.45) is 1.08. The molecule has 0 amide bonds. The van der Waals surface area contributed by atoms with Crippen molar-refractivity contribution in [3.8, 4) is 0 Å². The van der Waals surface area contributed by atoms with Crippen molar-refractivity contribution in [2.24, 2.45) is 4.99 Å². The molecule has 0 aliphatic carbocycles. The minimum atomic E-state index is 0.741. The van der Waals surface area contributed by atoms with Crippen molar-refractivity contribution < 1.29 is 0 Å². The Balaban J connectivity index is 1.71. The van der Waals surface area contributed by atoms with E-state index >= 15 is 0 Å². The predicted octanol–water partition coefficient (Wildman–Crippen LogP) is 3.67. The van der Waals surface area contributed by atoms with E-state index in [1.165, 1.54) is 22.5 Å². The van der Waals surface area contributed by atoms with Crippen molar-refractivity contribution in [2.75, 3.05) is 44.7 Å². The van der Waals surface area contributed by atoms with Crippen LogP contribution in [0.15, 0.2) is 41.4 Å². The minimum Gasteiger partial charge on any atom is -0.353 e. The normalized spacial score (nSPS) is 19.4. The molecule has 0 aromatic heterocycles. The highest BCUT2D eigenvalue weighted by atomic mass is 35.5. The van der Waals surface area contributed by atoms with Crippen LogP contribution in [0.3, 0.4) is 0 Å². The number of halogens is 1. The van der Waals surface area contributed by atoms with Crippen molar-refractivity contribution in [3.63, 3.8) is 0 Å². The van der Waals surface area contributed by atoms with E-state index in [1.807, 2.05) is 12.1 Å². The molecule has 0 unspecified atom stereocenters. The summed E-state index contributed by atoms with van der Waals surface area (Å²) in [5.41, 5.74) is 6.15. The molecule has 2 aromatic carbocycles. The van der Waals surface area contributed by atoms with Gasteiger partial charge in [0.15, 0.2) is 0 Å².